The van der Waals surface area contributed by atoms with Gasteiger partial charge in [0.05, 0.1) is 11.4 Å². The molecule has 2 heterocycles. The highest BCUT2D eigenvalue weighted by Crippen LogP contribution is 2.35. The van der Waals surface area contributed by atoms with Crippen molar-refractivity contribution in [2.75, 3.05) is 35.1 Å². The van der Waals surface area contributed by atoms with E-state index in [2.05, 4.69) is 5.32 Å². The van der Waals surface area contributed by atoms with E-state index >= 15 is 0 Å². The monoisotopic (exact) mass is 466 g/mol. The summed E-state index contributed by atoms with van der Waals surface area (Å²) in [5, 5.41) is 4.71. The van der Waals surface area contributed by atoms with Gasteiger partial charge < -0.3 is 19.2 Å². The van der Waals surface area contributed by atoms with Crippen molar-refractivity contribution in [2.45, 2.75) is 6.92 Å². The van der Waals surface area contributed by atoms with Crippen LogP contribution in [0.5, 0.6) is 11.5 Å². The smallest absolute Gasteiger partial charge is 0.245 e. The molecule has 0 spiro atoms. The number of nitrogens with zero attached hydrogens (tertiary/aromatic N) is 1. The van der Waals surface area contributed by atoms with Gasteiger partial charge >= 0.3 is 0 Å². The summed E-state index contributed by atoms with van der Waals surface area (Å²) >= 11 is 0. The van der Waals surface area contributed by atoms with Crippen LogP contribution in [0.2, 0.25) is 0 Å². The van der Waals surface area contributed by atoms with Gasteiger partial charge in [0.25, 0.3) is 0 Å². The van der Waals surface area contributed by atoms with Gasteiger partial charge in [0.1, 0.15) is 30.9 Å². The molecule has 0 aliphatic carbocycles. The van der Waals surface area contributed by atoms with Gasteiger partial charge in [-0.3, -0.25) is 9.10 Å². The first-order chi connectivity index (χ1) is 15.9. The van der Waals surface area contributed by atoms with Gasteiger partial charge in [0.2, 0.25) is 15.9 Å². The summed E-state index contributed by atoms with van der Waals surface area (Å²) in [6, 6.07) is 17.9. The molecule has 0 unspecified atom stereocenters. The zero-order valence-corrected chi connectivity index (χ0v) is 18.7. The van der Waals surface area contributed by atoms with Crippen LogP contribution in [0.3, 0.4) is 0 Å². The Morgan fingerprint density at radius 3 is 2.52 bits per heavy atom. The van der Waals surface area contributed by atoms with E-state index in [1.807, 2.05) is 30.3 Å². The van der Waals surface area contributed by atoms with Crippen molar-refractivity contribution in [2.24, 2.45) is 0 Å². The number of hydrogen-bond acceptors (Lipinski definition) is 6. The second-order valence-electron chi connectivity index (χ2n) is 7.59. The first-order valence-electron chi connectivity index (χ1n) is 10.6. The van der Waals surface area contributed by atoms with E-state index in [1.54, 1.807) is 30.3 Å². The van der Waals surface area contributed by atoms with Crippen LogP contribution in [-0.4, -0.2) is 39.8 Å². The van der Waals surface area contributed by atoms with E-state index in [-0.39, 0.29) is 12.3 Å². The van der Waals surface area contributed by atoms with Crippen LogP contribution in [0, 0.1) is 0 Å². The highest BCUT2D eigenvalue weighted by atomic mass is 32.2. The molecule has 4 aromatic rings. The maximum Gasteiger partial charge on any atom is 0.245 e. The van der Waals surface area contributed by atoms with Crippen molar-refractivity contribution in [1.82, 2.24) is 0 Å². The number of ether oxygens (including phenoxy) is 2. The Kier molecular flexibility index (Phi) is 5.33. The summed E-state index contributed by atoms with van der Waals surface area (Å²) in [6.07, 6.45) is 0. The second-order valence-corrected chi connectivity index (χ2v) is 9.77. The van der Waals surface area contributed by atoms with Gasteiger partial charge in [0.15, 0.2) is 11.5 Å². The number of anilines is 2. The highest BCUT2D eigenvalue weighted by molar-refractivity contribution is 7.92. The number of carbonyl (C=O) groups is 1. The number of carbonyl (C=O) groups excluding carboxylic acids is 1. The topological polar surface area (TPSA) is 98.1 Å². The fourth-order valence-electron chi connectivity index (χ4n) is 3.83. The molecule has 8 nitrogen and oxygen atoms in total. The largest absolute Gasteiger partial charge is 0.486 e. The maximum atomic E-state index is 12.9. The summed E-state index contributed by atoms with van der Waals surface area (Å²) in [5.41, 5.74) is 2.25. The first kappa shape index (κ1) is 21.1. The Morgan fingerprint density at radius 1 is 0.939 bits per heavy atom. The quantitative estimate of drug-likeness (QED) is 0.458. The number of amides is 1. The molecule has 0 radical (unpaired) electrons. The number of para-hydroxylation sites is 1. The normalized spacial score (nSPS) is 13.2. The second kappa shape index (κ2) is 8.32. The number of hydrogen-bond donors (Lipinski definition) is 1. The average molecular weight is 467 g/mol. The van der Waals surface area contributed by atoms with Crippen LogP contribution in [-0.2, 0) is 14.8 Å². The molecule has 1 aromatic heterocycles. The predicted octanol–water partition coefficient (Wildman–Crippen LogP) is 4.15. The molecule has 1 N–H and O–H groups in total. The minimum absolute atomic E-state index is 0.153. The molecule has 9 heteroatoms. The zero-order chi connectivity index (χ0) is 23.0. The highest BCUT2D eigenvalue weighted by Gasteiger charge is 2.25. The first-order valence-corrected chi connectivity index (χ1v) is 12.2. The predicted molar refractivity (Wildman–Crippen MR) is 127 cm³/mol. The molecular formula is C24H22N2O6S. The fourth-order valence-corrected chi connectivity index (χ4v) is 4.89. The number of nitrogens with one attached hydrogen (secondary N) is 1. The molecule has 0 bridgehead atoms. The van der Waals surface area contributed by atoms with E-state index in [4.69, 9.17) is 13.9 Å². The summed E-state index contributed by atoms with van der Waals surface area (Å²) < 4.78 is 43.6. The standard InChI is InChI=1S/C24H22N2O6S/c1-2-33(28,29)26(17-8-10-21-23(14-17)31-12-11-30-21)15-24(27)25-16-7-9-19-18-5-3-4-6-20(18)32-22(19)13-16/h3-10,13-14H,2,11-12,15H2,1H3,(H,25,27). The molecule has 0 fully saturated rings. The molecule has 0 saturated heterocycles. The van der Waals surface area contributed by atoms with Crippen molar-refractivity contribution < 1.29 is 27.1 Å². The summed E-state index contributed by atoms with van der Waals surface area (Å²) in [7, 11) is -3.72. The minimum Gasteiger partial charge on any atom is -0.486 e. The van der Waals surface area contributed by atoms with Crippen molar-refractivity contribution >= 4 is 49.2 Å². The Morgan fingerprint density at radius 2 is 1.70 bits per heavy atom. The third kappa shape index (κ3) is 4.07. The maximum absolute atomic E-state index is 12.9. The van der Waals surface area contributed by atoms with Crippen molar-refractivity contribution in [3.8, 4) is 11.5 Å². The molecule has 0 atom stereocenters. The third-order valence-corrected chi connectivity index (χ3v) is 7.21. The number of fused-ring (bicyclic) bond motifs is 4. The molecule has 33 heavy (non-hydrogen) atoms. The fraction of sp³-hybridized carbons (Fsp3) is 0.208. The minimum atomic E-state index is -3.72. The van der Waals surface area contributed by atoms with E-state index in [0.29, 0.717) is 41.7 Å². The van der Waals surface area contributed by atoms with Gasteiger partial charge in [0, 0.05) is 28.6 Å². The Labute approximate surface area is 190 Å². The lowest BCUT2D eigenvalue weighted by Crippen LogP contribution is -2.39. The van der Waals surface area contributed by atoms with Gasteiger partial charge in [-0.1, -0.05) is 18.2 Å². The van der Waals surface area contributed by atoms with Crippen LogP contribution in [0.1, 0.15) is 6.92 Å². The van der Waals surface area contributed by atoms with Gasteiger partial charge in [-0.15, -0.1) is 0 Å². The lowest BCUT2D eigenvalue weighted by atomic mass is 10.1. The number of benzene rings is 3. The Balaban J connectivity index is 1.40. The van der Waals surface area contributed by atoms with E-state index in [1.165, 1.54) is 6.92 Å². The third-order valence-electron chi connectivity index (χ3n) is 5.46. The Bertz CT molecular complexity index is 1460. The molecular weight excluding hydrogens is 444 g/mol. The Hall–Kier alpha value is -3.72. The van der Waals surface area contributed by atoms with Crippen LogP contribution in [0.25, 0.3) is 21.9 Å². The SMILES string of the molecule is CCS(=O)(=O)N(CC(=O)Nc1ccc2c(c1)oc1ccccc12)c1ccc2c(c1)OCCO2. The van der Waals surface area contributed by atoms with Crippen molar-refractivity contribution in [1.29, 1.82) is 0 Å². The van der Waals surface area contributed by atoms with Crippen molar-refractivity contribution in [3.63, 3.8) is 0 Å². The van der Waals surface area contributed by atoms with Crippen LogP contribution >= 0.6 is 0 Å². The number of furan rings is 1. The van der Waals surface area contributed by atoms with E-state index < -0.39 is 15.9 Å². The summed E-state index contributed by atoms with van der Waals surface area (Å²) in [5.74, 6) is 0.366. The van der Waals surface area contributed by atoms with E-state index in [9.17, 15) is 13.2 Å². The average Bonchev–Trinajstić information content (AvgIpc) is 3.20. The molecule has 1 amide bonds. The van der Waals surface area contributed by atoms with Gasteiger partial charge in [-0.25, -0.2) is 8.42 Å². The van der Waals surface area contributed by atoms with Crippen LogP contribution in [0.4, 0.5) is 11.4 Å². The molecule has 1 aliphatic rings. The summed E-state index contributed by atoms with van der Waals surface area (Å²) in [6.45, 7) is 1.96. The van der Waals surface area contributed by atoms with E-state index in [0.717, 1.165) is 20.7 Å². The molecule has 0 saturated carbocycles. The number of sulfonamides is 1. The van der Waals surface area contributed by atoms with Crippen LogP contribution in [0.15, 0.2) is 65.1 Å². The molecule has 1 aliphatic heterocycles. The molecule has 3 aromatic carbocycles. The zero-order valence-electron chi connectivity index (χ0n) is 17.9. The lowest BCUT2D eigenvalue weighted by Gasteiger charge is -2.25. The van der Waals surface area contributed by atoms with Crippen LogP contribution < -0.4 is 19.1 Å². The summed E-state index contributed by atoms with van der Waals surface area (Å²) in [4.78, 5) is 12.9. The van der Waals surface area contributed by atoms with Crippen molar-refractivity contribution in [3.05, 3.63) is 60.7 Å². The molecule has 170 valence electrons. The lowest BCUT2D eigenvalue weighted by molar-refractivity contribution is -0.114. The van der Waals surface area contributed by atoms with Gasteiger partial charge in [-0.05, 0) is 37.3 Å². The van der Waals surface area contributed by atoms with Gasteiger partial charge in [-0.2, -0.15) is 0 Å². The number of rotatable bonds is 6. The molecule has 5 rings (SSSR count).